The molecule has 1 unspecified atom stereocenters. The fourth-order valence-electron chi connectivity index (χ4n) is 5.12. The van der Waals surface area contributed by atoms with Gasteiger partial charge in [0.2, 0.25) is 23.5 Å². The van der Waals surface area contributed by atoms with Crippen molar-refractivity contribution in [2.24, 2.45) is 0 Å². The van der Waals surface area contributed by atoms with Crippen LogP contribution in [0.4, 0.5) is 0 Å². The van der Waals surface area contributed by atoms with Crippen molar-refractivity contribution in [3.8, 4) is 0 Å². The highest BCUT2D eigenvalue weighted by atomic mass is 16.5. The molecule has 258 valence electrons. The molecule has 49 heavy (non-hydrogen) atoms. The van der Waals surface area contributed by atoms with Crippen molar-refractivity contribution in [1.82, 2.24) is 31.2 Å². The molecule has 1 aliphatic rings. The number of morpholine rings is 1. The summed E-state index contributed by atoms with van der Waals surface area (Å²) in [4.78, 5) is 68.6. The zero-order chi connectivity index (χ0) is 35.0. The number of ether oxygens (including phenoxy) is 1. The standard InChI is InChI=1S/C30H36N6O6.C7H8/c1-20(34-27(38)19-36-11-13-42-14-12-36)28(39)35-25(15-22-17-31-24-10-6-5-9-23(22)24)29(40)33-18-26(37)30(41)32-16-21-7-3-2-4-8-21;1-7-5-3-2-4-6-7/h2-10,17,20,25,31H,11-16,18-19H2,1H3,(H,32,41)(H,33,40)(H,34,38)(H,35,39);2-6H,1H3/t20-,25?;/m0./s1. The van der Waals surface area contributed by atoms with E-state index in [9.17, 15) is 24.0 Å². The number of fused-ring (bicyclic) bond motifs is 1. The Hall–Kier alpha value is -5.33. The van der Waals surface area contributed by atoms with Gasteiger partial charge < -0.3 is 31.0 Å². The molecule has 0 saturated carbocycles. The third-order valence-electron chi connectivity index (χ3n) is 7.89. The van der Waals surface area contributed by atoms with Crippen LogP contribution in [0.1, 0.15) is 23.6 Å². The first-order chi connectivity index (χ1) is 23.7. The molecule has 2 atom stereocenters. The van der Waals surface area contributed by atoms with Gasteiger partial charge in [0.1, 0.15) is 12.1 Å². The fraction of sp³-hybridized carbons (Fsp3) is 0.324. The Morgan fingerprint density at radius 1 is 0.816 bits per heavy atom. The number of carbonyl (C=O) groups excluding carboxylic acids is 5. The van der Waals surface area contributed by atoms with Crippen LogP contribution in [-0.4, -0.2) is 90.8 Å². The van der Waals surface area contributed by atoms with Gasteiger partial charge in [0, 0.05) is 43.2 Å². The topological polar surface area (TPSA) is 162 Å². The normalized spacial score (nSPS) is 14.0. The predicted molar refractivity (Wildman–Crippen MR) is 186 cm³/mol. The van der Waals surface area contributed by atoms with Gasteiger partial charge in [-0.15, -0.1) is 0 Å². The first-order valence-corrected chi connectivity index (χ1v) is 16.3. The molecule has 0 bridgehead atoms. The lowest BCUT2D eigenvalue weighted by molar-refractivity contribution is -0.138. The largest absolute Gasteiger partial charge is 0.379 e. The number of H-pyrrole nitrogens is 1. The van der Waals surface area contributed by atoms with Crippen LogP contribution in [0.25, 0.3) is 10.9 Å². The van der Waals surface area contributed by atoms with Gasteiger partial charge in [0.05, 0.1) is 26.3 Å². The highest BCUT2D eigenvalue weighted by Crippen LogP contribution is 2.19. The van der Waals surface area contributed by atoms with Crippen LogP contribution in [0.2, 0.25) is 0 Å². The number of hydrogen-bond donors (Lipinski definition) is 5. The molecule has 3 aromatic carbocycles. The lowest BCUT2D eigenvalue weighted by Gasteiger charge is -2.26. The van der Waals surface area contributed by atoms with Gasteiger partial charge in [-0.1, -0.05) is 84.4 Å². The number of aromatic nitrogens is 1. The van der Waals surface area contributed by atoms with Crippen LogP contribution in [0.5, 0.6) is 0 Å². The number of hydrogen-bond acceptors (Lipinski definition) is 7. The highest BCUT2D eigenvalue weighted by molar-refractivity contribution is 6.37. The lowest BCUT2D eigenvalue weighted by Crippen LogP contribution is -2.55. The van der Waals surface area contributed by atoms with Gasteiger partial charge >= 0.3 is 0 Å². The summed E-state index contributed by atoms with van der Waals surface area (Å²) in [5.41, 5.74) is 3.80. The van der Waals surface area contributed by atoms with E-state index in [0.717, 1.165) is 22.0 Å². The minimum atomic E-state index is -1.07. The molecule has 12 heteroatoms. The second-order valence-corrected chi connectivity index (χ2v) is 11.8. The summed E-state index contributed by atoms with van der Waals surface area (Å²) in [6.07, 6.45) is 1.87. The Bertz CT molecular complexity index is 1690. The van der Waals surface area contributed by atoms with Crippen LogP contribution in [0, 0.1) is 6.92 Å². The highest BCUT2D eigenvalue weighted by Gasteiger charge is 2.27. The van der Waals surface area contributed by atoms with E-state index in [2.05, 4.69) is 45.3 Å². The Balaban J connectivity index is 0.000000686. The minimum Gasteiger partial charge on any atom is -0.379 e. The predicted octanol–water partition coefficient (Wildman–Crippen LogP) is 2.03. The van der Waals surface area contributed by atoms with Crippen molar-refractivity contribution in [3.05, 3.63) is 108 Å². The molecule has 5 N–H and O–H groups in total. The van der Waals surface area contributed by atoms with Crippen LogP contribution in [0.3, 0.4) is 0 Å². The maximum absolute atomic E-state index is 13.2. The molecule has 1 saturated heterocycles. The van der Waals surface area contributed by atoms with Gasteiger partial charge in [-0.2, -0.15) is 0 Å². The van der Waals surface area contributed by atoms with Crippen molar-refractivity contribution >= 4 is 40.3 Å². The molecule has 1 aromatic heterocycles. The summed E-state index contributed by atoms with van der Waals surface area (Å²) in [6.45, 7) is 5.74. The monoisotopic (exact) mass is 668 g/mol. The number of para-hydroxylation sites is 1. The molecule has 0 aliphatic carbocycles. The van der Waals surface area contributed by atoms with Gasteiger partial charge in [-0.05, 0) is 31.0 Å². The summed E-state index contributed by atoms with van der Waals surface area (Å²) < 4.78 is 5.29. The lowest BCUT2D eigenvalue weighted by atomic mass is 10.0. The number of ketones is 1. The molecule has 0 spiro atoms. The maximum atomic E-state index is 13.2. The third kappa shape index (κ3) is 12.0. The average molecular weight is 669 g/mol. The maximum Gasteiger partial charge on any atom is 0.289 e. The summed E-state index contributed by atoms with van der Waals surface area (Å²) in [6, 6.07) is 24.9. The van der Waals surface area contributed by atoms with Gasteiger partial charge in [0.15, 0.2) is 0 Å². The number of benzene rings is 3. The van der Waals surface area contributed by atoms with Crippen LogP contribution >= 0.6 is 0 Å². The van der Waals surface area contributed by atoms with E-state index >= 15 is 0 Å². The van der Waals surface area contributed by atoms with E-state index in [4.69, 9.17) is 4.74 Å². The second-order valence-electron chi connectivity index (χ2n) is 11.8. The van der Waals surface area contributed by atoms with Gasteiger partial charge in [-0.25, -0.2) is 0 Å². The minimum absolute atomic E-state index is 0.116. The number of carbonyl (C=O) groups is 5. The van der Waals surface area contributed by atoms with Crippen molar-refractivity contribution < 1.29 is 28.7 Å². The van der Waals surface area contributed by atoms with Crippen LogP contribution in [-0.2, 0) is 41.7 Å². The molecule has 1 aliphatic heterocycles. The quantitative estimate of drug-likeness (QED) is 0.136. The molecule has 4 aromatic rings. The summed E-state index contributed by atoms with van der Waals surface area (Å²) in [7, 11) is 0. The zero-order valence-electron chi connectivity index (χ0n) is 27.9. The fourth-order valence-corrected chi connectivity index (χ4v) is 5.12. The number of aromatic amines is 1. The first kappa shape index (κ1) is 36.5. The molecule has 12 nitrogen and oxygen atoms in total. The van der Waals surface area contributed by atoms with E-state index in [0.29, 0.717) is 26.3 Å². The number of aryl methyl sites for hydroxylation is 1. The number of Topliss-reactive ketones (excluding diaryl/α,β-unsaturated/α-hetero) is 1. The molecule has 0 radical (unpaired) electrons. The Kier molecular flexibility index (Phi) is 14.1. The molecule has 1 fully saturated rings. The summed E-state index contributed by atoms with van der Waals surface area (Å²) >= 11 is 0. The van der Waals surface area contributed by atoms with E-state index in [-0.39, 0.29) is 25.4 Å². The van der Waals surface area contributed by atoms with Crippen molar-refractivity contribution in [1.29, 1.82) is 0 Å². The van der Waals surface area contributed by atoms with Gasteiger partial charge in [0.25, 0.3) is 5.91 Å². The molecular weight excluding hydrogens is 624 g/mol. The summed E-state index contributed by atoms with van der Waals surface area (Å²) in [5.74, 6) is -3.15. The van der Waals surface area contributed by atoms with E-state index in [1.807, 2.05) is 77.7 Å². The number of nitrogens with zero attached hydrogens (tertiary/aromatic N) is 1. The third-order valence-corrected chi connectivity index (χ3v) is 7.89. The van der Waals surface area contributed by atoms with Crippen LogP contribution < -0.4 is 21.3 Å². The Labute approximate surface area is 286 Å². The zero-order valence-corrected chi connectivity index (χ0v) is 27.9. The Morgan fingerprint density at radius 3 is 2.14 bits per heavy atom. The van der Waals surface area contributed by atoms with E-state index in [1.54, 1.807) is 6.20 Å². The van der Waals surface area contributed by atoms with Crippen LogP contribution in [0.15, 0.2) is 91.1 Å². The van der Waals surface area contributed by atoms with E-state index in [1.165, 1.54) is 12.5 Å². The molecule has 4 amide bonds. The van der Waals surface area contributed by atoms with Crippen molar-refractivity contribution in [3.63, 3.8) is 0 Å². The Morgan fingerprint density at radius 2 is 1.47 bits per heavy atom. The number of rotatable bonds is 13. The molecular formula is C37H44N6O6. The molecule has 2 heterocycles. The first-order valence-electron chi connectivity index (χ1n) is 16.3. The second kappa shape index (κ2) is 18.9. The number of amides is 4. The van der Waals surface area contributed by atoms with E-state index < -0.39 is 42.1 Å². The SMILES string of the molecule is C[C@H](NC(=O)CN1CCOCC1)C(=O)NC(Cc1c[nH]c2ccccc12)C(=O)NCC(=O)C(=O)NCc1ccccc1.Cc1ccccc1. The number of nitrogens with one attached hydrogen (secondary N) is 5. The average Bonchev–Trinajstić information content (AvgIpc) is 3.53. The summed E-state index contributed by atoms with van der Waals surface area (Å²) in [5, 5.41) is 11.3. The van der Waals surface area contributed by atoms with Gasteiger partial charge in [-0.3, -0.25) is 28.9 Å². The van der Waals surface area contributed by atoms with Crippen molar-refractivity contribution in [2.75, 3.05) is 39.4 Å². The molecule has 5 rings (SSSR count). The smallest absolute Gasteiger partial charge is 0.289 e. The van der Waals surface area contributed by atoms with Crippen molar-refractivity contribution in [2.45, 2.75) is 38.9 Å².